The lowest BCUT2D eigenvalue weighted by Crippen LogP contribution is -2.03. The van der Waals surface area contributed by atoms with Crippen molar-refractivity contribution < 1.29 is 0 Å². The Morgan fingerprint density at radius 1 is 0.551 bits per heavy atom. The monoisotopic (exact) mass is 642 g/mol. The standard InChI is InChI=1S/C46H30N2S/c1-2-15-31(16-3-1)47-40-21-9-6-18-33(40)37-27-30(25-26-42(37)47)36-28-38-34-19-7-10-22-41(34)48(39-23-12-14-29-13-4-5-17-32(29)39)45(38)44-35-20-8-11-24-43(35)49-46(36)44/h1-9,11-21,23-28H,10,22H2. The average molecular weight is 643 g/mol. The van der Waals surface area contributed by atoms with Crippen molar-refractivity contribution in [1.29, 1.82) is 0 Å². The molecule has 1 aliphatic rings. The number of hydrogen-bond donors (Lipinski definition) is 0. The van der Waals surface area contributed by atoms with Gasteiger partial charge in [-0.1, -0.05) is 109 Å². The first kappa shape index (κ1) is 27.1. The van der Waals surface area contributed by atoms with Crippen LogP contribution in [-0.2, 0) is 6.42 Å². The summed E-state index contributed by atoms with van der Waals surface area (Å²) in [5, 5.41) is 9.13. The van der Waals surface area contributed by atoms with Gasteiger partial charge in [0.25, 0.3) is 0 Å². The van der Waals surface area contributed by atoms with Crippen molar-refractivity contribution in [2.24, 2.45) is 0 Å². The zero-order chi connectivity index (χ0) is 32.1. The van der Waals surface area contributed by atoms with E-state index in [0.717, 1.165) is 12.8 Å². The number of fused-ring (bicyclic) bond motifs is 11. The van der Waals surface area contributed by atoms with E-state index in [1.165, 1.54) is 97.4 Å². The molecule has 3 aromatic heterocycles. The molecule has 0 N–H and O–H groups in total. The van der Waals surface area contributed by atoms with Gasteiger partial charge in [-0.3, -0.25) is 0 Å². The summed E-state index contributed by atoms with van der Waals surface area (Å²) < 4.78 is 7.68. The molecule has 3 heteroatoms. The third-order valence-corrected chi connectivity index (χ3v) is 11.8. The molecule has 230 valence electrons. The van der Waals surface area contributed by atoms with E-state index in [4.69, 9.17) is 0 Å². The lowest BCUT2D eigenvalue weighted by Gasteiger charge is -2.16. The molecule has 1 aliphatic carbocycles. The predicted molar refractivity (Wildman–Crippen MR) is 211 cm³/mol. The van der Waals surface area contributed by atoms with E-state index in [1.54, 1.807) is 0 Å². The van der Waals surface area contributed by atoms with Crippen molar-refractivity contribution in [3.8, 4) is 22.5 Å². The maximum atomic E-state index is 2.61. The average Bonchev–Trinajstić information content (AvgIpc) is 3.82. The van der Waals surface area contributed by atoms with Crippen LogP contribution < -0.4 is 0 Å². The number of aromatic nitrogens is 2. The van der Waals surface area contributed by atoms with Crippen LogP contribution in [0.2, 0.25) is 0 Å². The molecule has 11 rings (SSSR count). The number of nitrogens with zero attached hydrogens (tertiary/aromatic N) is 2. The van der Waals surface area contributed by atoms with Gasteiger partial charge in [-0.25, -0.2) is 0 Å². The normalized spacial score (nSPS) is 13.1. The summed E-state index contributed by atoms with van der Waals surface area (Å²) in [5.41, 5.74) is 11.6. The Morgan fingerprint density at radius 3 is 2.22 bits per heavy atom. The van der Waals surface area contributed by atoms with Gasteiger partial charge in [-0.2, -0.15) is 0 Å². The van der Waals surface area contributed by atoms with Crippen LogP contribution >= 0.6 is 11.3 Å². The zero-order valence-corrected chi connectivity index (χ0v) is 27.5. The zero-order valence-electron chi connectivity index (χ0n) is 26.7. The summed E-state index contributed by atoms with van der Waals surface area (Å²) in [6, 6.07) is 53.7. The Hall–Kier alpha value is -5.90. The van der Waals surface area contributed by atoms with Crippen molar-refractivity contribution in [3.05, 3.63) is 163 Å². The highest BCUT2D eigenvalue weighted by atomic mass is 32.1. The van der Waals surface area contributed by atoms with Crippen molar-refractivity contribution in [1.82, 2.24) is 9.13 Å². The van der Waals surface area contributed by atoms with Crippen LogP contribution in [-0.4, -0.2) is 9.13 Å². The summed E-state index contributed by atoms with van der Waals surface area (Å²) >= 11 is 1.93. The van der Waals surface area contributed by atoms with Gasteiger partial charge < -0.3 is 9.13 Å². The Morgan fingerprint density at radius 2 is 1.31 bits per heavy atom. The fourth-order valence-corrected chi connectivity index (χ4v) is 9.71. The molecule has 0 radical (unpaired) electrons. The van der Waals surface area contributed by atoms with Gasteiger partial charge >= 0.3 is 0 Å². The molecular formula is C46H30N2S. The van der Waals surface area contributed by atoms with Crippen molar-refractivity contribution in [3.63, 3.8) is 0 Å². The van der Waals surface area contributed by atoms with E-state index >= 15 is 0 Å². The number of para-hydroxylation sites is 2. The minimum Gasteiger partial charge on any atom is -0.312 e. The second-order valence-electron chi connectivity index (χ2n) is 13.2. The largest absolute Gasteiger partial charge is 0.312 e. The summed E-state index contributed by atoms with van der Waals surface area (Å²) in [6.45, 7) is 0. The first-order chi connectivity index (χ1) is 24.3. The summed E-state index contributed by atoms with van der Waals surface area (Å²) in [4.78, 5) is 0. The second-order valence-corrected chi connectivity index (χ2v) is 14.2. The van der Waals surface area contributed by atoms with E-state index in [9.17, 15) is 0 Å². The maximum absolute atomic E-state index is 2.61. The van der Waals surface area contributed by atoms with E-state index in [2.05, 4.69) is 167 Å². The van der Waals surface area contributed by atoms with Crippen LogP contribution in [0.15, 0.2) is 152 Å². The number of benzene rings is 7. The minimum atomic E-state index is 1.02. The van der Waals surface area contributed by atoms with Gasteiger partial charge in [0.1, 0.15) is 0 Å². The third kappa shape index (κ3) is 3.82. The topological polar surface area (TPSA) is 9.86 Å². The van der Waals surface area contributed by atoms with Crippen LogP contribution in [0.4, 0.5) is 0 Å². The Kier molecular flexibility index (Phi) is 5.69. The van der Waals surface area contributed by atoms with E-state index < -0.39 is 0 Å². The molecule has 0 spiro atoms. The molecule has 0 bridgehead atoms. The quantitative estimate of drug-likeness (QED) is 0.181. The Labute approximate surface area is 287 Å². The van der Waals surface area contributed by atoms with Gasteiger partial charge in [0.05, 0.1) is 22.2 Å². The second kappa shape index (κ2) is 10.3. The molecule has 0 saturated heterocycles. The van der Waals surface area contributed by atoms with Crippen LogP contribution in [0.25, 0.3) is 92.2 Å². The molecule has 0 amide bonds. The molecule has 49 heavy (non-hydrogen) atoms. The molecule has 10 aromatic rings. The SMILES string of the molecule is C1=Cc2c(n(-c3cccc4ccccc34)c3c2cc(-c2ccc4c(c2)c2ccccc2n4-c2ccccc2)c2sc4ccccc4c23)CC1. The van der Waals surface area contributed by atoms with Gasteiger partial charge in [0, 0.05) is 64.2 Å². The Bertz CT molecular complexity index is 2980. The molecule has 0 unspecified atom stereocenters. The number of rotatable bonds is 3. The molecule has 0 atom stereocenters. The Balaban J connectivity index is 1.27. The highest BCUT2D eigenvalue weighted by molar-refractivity contribution is 7.26. The number of allylic oxidation sites excluding steroid dienone is 1. The molecule has 2 nitrogen and oxygen atoms in total. The third-order valence-electron chi connectivity index (χ3n) is 10.6. The van der Waals surface area contributed by atoms with Crippen LogP contribution in [0.1, 0.15) is 17.7 Å². The van der Waals surface area contributed by atoms with Crippen LogP contribution in [0.3, 0.4) is 0 Å². The van der Waals surface area contributed by atoms with Gasteiger partial charge in [-0.05, 0) is 72.3 Å². The fourth-order valence-electron chi connectivity index (χ4n) is 8.46. The van der Waals surface area contributed by atoms with Crippen molar-refractivity contribution in [2.45, 2.75) is 12.8 Å². The lowest BCUT2D eigenvalue weighted by atomic mass is 9.96. The van der Waals surface area contributed by atoms with E-state index in [1.807, 2.05) is 11.3 Å². The van der Waals surface area contributed by atoms with Crippen LogP contribution in [0.5, 0.6) is 0 Å². The highest BCUT2D eigenvalue weighted by Crippen LogP contribution is 2.49. The van der Waals surface area contributed by atoms with Gasteiger partial charge in [0.15, 0.2) is 0 Å². The molecule has 0 aliphatic heterocycles. The summed E-state index contributed by atoms with van der Waals surface area (Å²) in [5.74, 6) is 0. The van der Waals surface area contributed by atoms with Gasteiger partial charge in [0.2, 0.25) is 0 Å². The van der Waals surface area contributed by atoms with E-state index in [0.29, 0.717) is 0 Å². The van der Waals surface area contributed by atoms with E-state index in [-0.39, 0.29) is 0 Å². The van der Waals surface area contributed by atoms with Crippen LogP contribution in [0, 0.1) is 0 Å². The number of thiophene rings is 1. The number of hydrogen-bond acceptors (Lipinski definition) is 1. The van der Waals surface area contributed by atoms with Crippen molar-refractivity contribution in [2.75, 3.05) is 0 Å². The molecular weight excluding hydrogens is 613 g/mol. The van der Waals surface area contributed by atoms with Crippen molar-refractivity contribution >= 4 is 81.1 Å². The summed E-state index contributed by atoms with van der Waals surface area (Å²) in [6.07, 6.45) is 6.81. The van der Waals surface area contributed by atoms with Gasteiger partial charge in [-0.15, -0.1) is 11.3 Å². The molecule has 0 saturated carbocycles. The predicted octanol–water partition coefficient (Wildman–Crippen LogP) is 12.9. The fraction of sp³-hybridized carbons (Fsp3) is 0.0435. The smallest absolute Gasteiger partial charge is 0.0631 e. The first-order valence-corrected chi connectivity index (χ1v) is 17.9. The molecule has 3 heterocycles. The maximum Gasteiger partial charge on any atom is 0.0631 e. The first-order valence-electron chi connectivity index (χ1n) is 17.1. The minimum absolute atomic E-state index is 1.02. The molecule has 7 aromatic carbocycles. The molecule has 0 fully saturated rings. The summed E-state index contributed by atoms with van der Waals surface area (Å²) in [7, 11) is 0. The lowest BCUT2D eigenvalue weighted by molar-refractivity contribution is 0.893. The highest BCUT2D eigenvalue weighted by Gasteiger charge is 2.25.